The van der Waals surface area contributed by atoms with Gasteiger partial charge in [0.2, 0.25) is 0 Å². The molecule has 0 heterocycles. The second-order valence-corrected chi connectivity index (χ2v) is 4.94. The summed E-state index contributed by atoms with van der Waals surface area (Å²) in [6.45, 7) is 3.10. The predicted molar refractivity (Wildman–Crippen MR) is 69.6 cm³/mol. The lowest BCUT2D eigenvalue weighted by Gasteiger charge is -2.25. The number of phenols is 1. The number of carboxylic acids is 1. The zero-order valence-electron chi connectivity index (χ0n) is 10.1. The number of halogens is 1. The molecular formula is C12H14BrNO4. The first-order valence-electron chi connectivity index (χ1n) is 5.34. The van der Waals surface area contributed by atoms with Crippen LogP contribution >= 0.6 is 15.9 Å². The van der Waals surface area contributed by atoms with Crippen LogP contribution in [0.1, 0.15) is 24.2 Å². The zero-order valence-corrected chi connectivity index (χ0v) is 11.6. The number of carboxylic acid groups (broad SMARTS) is 1. The number of nitrogens with zero attached hydrogens (tertiary/aromatic N) is 1. The van der Waals surface area contributed by atoms with Gasteiger partial charge in [-0.05, 0) is 48.0 Å². The largest absolute Gasteiger partial charge is 0.507 e. The number of carbonyl (C=O) groups excluding carboxylic acids is 1. The van der Waals surface area contributed by atoms with E-state index in [0.717, 1.165) is 0 Å². The van der Waals surface area contributed by atoms with Crippen molar-refractivity contribution in [3.8, 4) is 5.75 Å². The Balaban J connectivity index is 3.02. The van der Waals surface area contributed by atoms with Crippen molar-refractivity contribution in [2.24, 2.45) is 0 Å². The van der Waals surface area contributed by atoms with Crippen LogP contribution in [0.2, 0.25) is 0 Å². The highest BCUT2D eigenvalue weighted by Gasteiger charge is 2.21. The molecule has 0 saturated carbocycles. The molecule has 5 nitrogen and oxygen atoms in total. The summed E-state index contributed by atoms with van der Waals surface area (Å²) in [7, 11) is 0. The third kappa shape index (κ3) is 3.46. The van der Waals surface area contributed by atoms with Gasteiger partial charge in [0.25, 0.3) is 5.91 Å². The van der Waals surface area contributed by atoms with Crippen LogP contribution in [0.15, 0.2) is 22.7 Å². The third-order valence-electron chi connectivity index (χ3n) is 2.38. The number of rotatable bonds is 4. The molecule has 1 rings (SSSR count). The van der Waals surface area contributed by atoms with Crippen LogP contribution in [0.3, 0.4) is 0 Å². The van der Waals surface area contributed by atoms with Gasteiger partial charge in [-0.3, -0.25) is 9.59 Å². The standard InChI is InChI=1S/C12H14BrNO4/c1-7(2)14(6-11(16)17)12(18)8-3-4-9(13)10(15)5-8/h3-5,7,15H,6H2,1-2H3,(H,16,17). The van der Waals surface area contributed by atoms with E-state index in [-0.39, 0.29) is 23.9 Å². The molecule has 0 aliphatic carbocycles. The van der Waals surface area contributed by atoms with Gasteiger partial charge in [-0.25, -0.2) is 0 Å². The Labute approximate surface area is 113 Å². The van der Waals surface area contributed by atoms with Crippen molar-refractivity contribution in [2.45, 2.75) is 19.9 Å². The molecule has 0 spiro atoms. The molecule has 0 aliphatic heterocycles. The van der Waals surface area contributed by atoms with E-state index in [0.29, 0.717) is 4.47 Å². The first kappa shape index (κ1) is 14.5. The fraction of sp³-hybridized carbons (Fsp3) is 0.333. The molecular weight excluding hydrogens is 302 g/mol. The molecule has 1 amide bonds. The highest BCUT2D eigenvalue weighted by Crippen LogP contribution is 2.25. The van der Waals surface area contributed by atoms with E-state index in [1.54, 1.807) is 19.9 Å². The second kappa shape index (κ2) is 5.86. The van der Waals surface area contributed by atoms with E-state index in [1.165, 1.54) is 17.0 Å². The lowest BCUT2D eigenvalue weighted by Crippen LogP contribution is -2.40. The Hall–Kier alpha value is -1.56. The summed E-state index contributed by atoms with van der Waals surface area (Å²) in [5.74, 6) is -1.55. The summed E-state index contributed by atoms with van der Waals surface area (Å²) in [6, 6.07) is 4.15. The molecule has 2 N–H and O–H groups in total. The predicted octanol–water partition coefficient (Wildman–Crippen LogP) is 2.09. The zero-order chi connectivity index (χ0) is 13.9. The molecule has 0 radical (unpaired) electrons. The molecule has 0 unspecified atom stereocenters. The molecule has 18 heavy (non-hydrogen) atoms. The van der Waals surface area contributed by atoms with Gasteiger partial charge in [0.1, 0.15) is 12.3 Å². The van der Waals surface area contributed by atoms with Crippen molar-refractivity contribution in [1.29, 1.82) is 0 Å². The van der Waals surface area contributed by atoms with Crippen molar-refractivity contribution in [3.05, 3.63) is 28.2 Å². The Kier molecular flexibility index (Phi) is 4.72. The number of amides is 1. The number of hydrogen-bond acceptors (Lipinski definition) is 3. The lowest BCUT2D eigenvalue weighted by molar-refractivity contribution is -0.138. The molecule has 0 fully saturated rings. The van der Waals surface area contributed by atoms with Crippen molar-refractivity contribution in [1.82, 2.24) is 4.90 Å². The molecule has 0 bridgehead atoms. The van der Waals surface area contributed by atoms with Crippen LogP contribution in [0.4, 0.5) is 0 Å². The molecule has 1 aromatic rings. The molecule has 0 aliphatic rings. The topological polar surface area (TPSA) is 77.8 Å². The van der Waals surface area contributed by atoms with Crippen LogP contribution in [-0.2, 0) is 4.79 Å². The number of aliphatic carboxylic acids is 1. The highest BCUT2D eigenvalue weighted by molar-refractivity contribution is 9.10. The van der Waals surface area contributed by atoms with Crippen LogP contribution in [-0.4, -0.2) is 39.6 Å². The van der Waals surface area contributed by atoms with Crippen molar-refractivity contribution in [2.75, 3.05) is 6.54 Å². The molecule has 0 saturated heterocycles. The number of hydrogen-bond donors (Lipinski definition) is 2. The number of carbonyl (C=O) groups is 2. The summed E-state index contributed by atoms with van der Waals surface area (Å²) in [5.41, 5.74) is 0.255. The molecule has 98 valence electrons. The maximum Gasteiger partial charge on any atom is 0.323 e. The Bertz CT molecular complexity index is 473. The fourth-order valence-electron chi connectivity index (χ4n) is 1.45. The van der Waals surface area contributed by atoms with Gasteiger partial charge in [0.15, 0.2) is 0 Å². The van der Waals surface area contributed by atoms with E-state index in [4.69, 9.17) is 5.11 Å². The maximum absolute atomic E-state index is 12.1. The fourth-order valence-corrected chi connectivity index (χ4v) is 1.69. The van der Waals surface area contributed by atoms with Crippen LogP contribution in [0, 0.1) is 0 Å². The van der Waals surface area contributed by atoms with Crippen LogP contribution in [0.25, 0.3) is 0 Å². The Morgan fingerprint density at radius 3 is 2.44 bits per heavy atom. The van der Waals surface area contributed by atoms with Gasteiger partial charge in [-0.1, -0.05) is 0 Å². The summed E-state index contributed by atoms with van der Waals surface area (Å²) < 4.78 is 0.480. The van der Waals surface area contributed by atoms with Crippen molar-refractivity contribution >= 4 is 27.8 Å². The Morgan fingerprint density at radius 2 is 2.00 bits per heavy atom. The molecule has 0 atom stereocenters. The van der Waals surface area contributed by atoms with Crippen LogP contribution in [0.5, 0.6) is 5.75 Å². The van der Waals surface area contributed by atoms with Gasteiger partial charge >= 0.3 is 5.97 Å². The van der Waals surface area contributed by atoms with Gasteiger partial charge < -0.3 is 15.1 Å². The second-order valence-electron chi connectivity index (χ2n) is 4.09. The van der Waals surface area contributed by atoms with Crippen molar-refractivity contribution < 1.29 is 19.8 Å². The average molecular weight is 316 g/mol. The minimum Gasteiger partial charge on any atom is -0.507 e. The van der Waals surface area contributed by atoms with E-state index in [1.807, 2.05) is 0 Å². The smallest absolute Gasteiger partial charge is 0.323 e. The van der Waals surface area contributed by atoms with Gasteiger partial charge in [0, 0.05) is 11.6 Å². The average Bonchev–Trinajstić information content (AvgIpc) is 2.28. The number of benzene rings is 1. The summed E-state index contributed by atoms with van der Waals surface area (Å²) in [6.07, 6.45) is 0. The van der Waals surface area contributed by atoms with Gasteiger partial charge in [-0.2, -0.15) is 0 Å². The summed E-state index contributed by atoms with van der Waals surface area (Å²) in [5, 5.41) is 18.3. The van der Waals surface area contributed by atoms with E-state index in [2.05, 4.69) is 15.9 Å². The van der Waals surface area contributed by atoms with E-state index in [9.17, 15) is 14.7 Å². The Morgan fingerprint density at radius 1 is 1.39 bits per heavy atom. The normalized spacial score (nSPS) is 10.4. The molecule has 1 aromatic carbocycles. The highest BCUT2D eigenvalue weighted by atomic mass is 79.9. The first-order chi connectivity index (χ1) is 8.32. The lowest BCUT2D eigenvalue weighted by atomic mass is 10.1. The van der Waals surface area contributed by atoms with Gasteiger partial charge in [0.05, 0.1) is 4.47 Å². The summed E-state index contributed by atoms with van der Waals surface area (Å²) >= 11 is 3.12. The number of aromatic hydroxyl groups is 1. The first-order valence-corrected chi connectivity index (χ1v) is 6.13. The minimum absolute atomic E-state index is 0.0557. The third-order valence-corrected chi connectivity index (χ3v) is 3.05. The van der Waals surface area contributed by atoms with E-state index < -0.39 is 11.9 Å². The van der Waals surface area contributed by atoms with Crippen molar-refractivity contribution in [3.63, 3.8) is 0 Å². The molecule has 6 heteroatoms. The quantitative estimate of drug-likeness (QED) is 0.891. The van der Waals surface area contributed by atoms with Crippen LogP contribution < -0.4 is 0 Å². The number of phenolic OH excluding ortho intramolecular Hbond substituents is 1. The monoisotopic (exact) mass is 315 g/mol. The maximum atomic E-state index is 12.1. The molecule has 0 aromatic heterocycles. The minimum atomic E-state index is -1.07. The van der Waals surface area contributed by atoms with Gasteiger partial charge in [-0.15, -0.1) is 0 Å². The summed E-state index contributed by atoms with van der Waals surface area (Å²) in [4.78, 5) is 24.1. The van der Waals surface area contributed by atoms with E-state index >= 15 is 0 Å². The SMILES string of the molecule is CC(C)N(CC(=O)O)C(=O)c1ccc(Br)c(O)c1.